The summed E-state index contributed by atoms with van der Waals surface area (Å²) in [5.41, 5.74) is 0.0564. The van der Waals surface area contributed by atoms with Crippen molar-refractivity contribution in [1.29, 1.82) is 0 Å². The Hall–Kier alpha value is -1.39. The molecule has 0 saturated carbocycles. The second-order valence-corrected chi connectivity index (χ2v) is 6.21. The fourth-order valence-electron chi connectivity index (χ4n) is 2.60. The van der Waals surface area contributed by atoms with Gasteiger partial charge in [0.15, 0.2) is 0 Å². The van der Waals surface area contributed by atoms with E-state index in [4.69, 9.17) is 11.6 Å². The molecule has 1 aliphatic rings. The summed E-state index contributed by atoms with van der Waals surface area (Å²) >= 11 is 7.50. The number of hydrogen-bond acceptors (Lipinski definition) is 2. The van der Waals surface area contributed by atoms with Crippen LogP contribution in [-0.2, 0) is 0 Å². The van der Waals surface area contributed by atoms with Crippen LogP contribution in [0.4, 0.5) is 4.39 Å². The van der Waals surface area contributed by atoms with Crippen molar-refractivity contribution in [2.24, 2.45) is 0 Å². The van der Waals surface area contributed by atoms with Gasteiger partial charge in [-0.25, -0.2) is 4.39 Å². The Morgan fingerprint density at radius 3 is 3.00 bits per heavy atom. The predicted octanol–water partition coefficient (Wildman–Crippen LogP) is 4.52. The molecular weight excluding hydrogens is 297 g/mol. The third-order valence-corrected chi connectivity index (χ3v) is 4.75. The molecule has 2 heterocycles. The standard InChI is InChI=1S/C15H13ClFNOS/c16-10-5-6-12(17)11(9-10)15(19)18-7-1-3-13(18)14-4-2-8-20-14/h2,4-6,8-9,13H,1,3,7H2. The lowest BCUT2D eigenvalue weighted by molar-refractivity contribution is 0.0733. The maximum Gasteiger partial charge on any atom is 0.257 e. The third kappa shape index (κ3) is 2.45. The Morgan fingerprint density at radius 1 is 1.40 bits per heavy atom. The zero-order valence-corrected chi connectivity index (χ0v) is 12.3. The van der Waals surface area contributed by atoms with Crippen LogP contribution in [0, 0.1) is 5.82 Å². The van der Waals surface area contributed by atoms with Gasteiger partial charge >= 0.3 is 0 Å². The van der Waals surface area contributed by atoms with Crippen LogP contribution >= 0.6 is 22.9 Å². The highest BCUT2D eigenvalue weighted by Crippen LogP contribution is 2.35. The highest BCUT2D eigenvalue weighted by atomic mass is 35.5. The van der Waals surface area contributed by atoms with Gasteiger partial charge in [0.05, 0.1) is 11.6 Å². The first-order valence-electron chi connectivity index (χ1n) is 6.46. The van der Waals surface area contributed by atoms with Gasteiger partial charge in [-0.3, -0.25) is 4.79 Å². The lowest BCUT2D eigenvalue weighted by atomic mass is 10.1. The Kier molecular flexibility index (Phi) is 3.76. The van der Waals surface area contributed by atoms with Crippen LogP contribution in [0.5, 0.6) is 0 Å². The molecule has 104 valence electrons. The van der Waals surface area contributed by atoms with E-state index in [0.29, 0.717) is 11.6 Å². The molecule has 1 fully saturated rings. The van der Waals surface area contributed by atoms with Crippen LogP contribution in [0.25, 0.3) is 0 Å². The highest BCUT2D eigenvalue weighted by molar-refractivity contribution is 7.10. The van der Waals surface area contributed by atoms with Gasteiger partial charge < -0.3 is 4.90 Å². The fraction of sp³-hybridized carbons (Fsp3) is 0.267. The van der Waals surface area contributed by atoms with Crippen LogP contribution in [0.3, 0.4) is 0 Å². The smallest absolute Gasteiger partial charge is 0.257 e. The Labute approximate surface area is 125 Å². The Morgan fingerprint density at radius 2 is 2.25 bits per heavy atom. The molecule has 5 heteroatoms. The molecule has 3 rings (SSSR count). The van der Waals surface area contributed by atoms with E-state index in [9.17, 15) is 9.18 Å². The zero-order valence-electron chi connectivity index (χ0n) is 10.7. The van der Waals surface area contributed by atoms with E-state index in [1.165, 1.54) is 18.2 Å². The summed E-state index contributed by atoms with van der Waals surface area (Å²) in [6.07, 6.45) is 1.87. The summed E-state index contributed by atoms with van der Waals surface area (Å²) in [6.45, 7) is 0.660. The van der Waals surface area contributed by atoms with Crippen LogP contribution < -0.4 is 0 Å². The van der Waals surface area contributed by atoms with E-state index < -0.39 is 5.82 Å². The molecule has 1 aromatic carbocycles. The molecule has 1 unspecified atom stereocenters. The molecule has 1 aliphatic heterocycles. The van der Waals surface area contributed by atoms with E-state index in [-0.39, 0.29) is 17.5 Å². The van der Waals surface area contributed by atoms with E-state index in [1.54, 1.807) is 16.2 Å². The number of likely N-dealkylation sites (tertiary alicyclic amines) is 1. The number of carbonyl (C=O) groups is 1. The largest absolute Gasteiger partial charge is 0.331 e. The van der Waals surface area contributed by atoms with Gasteiger partial charge in [0, 0.05) is 16.4 Å². The minimum Gasteiger partial charge on any atom is -0.331 e. The molecule has 0 radical (unpaired) electrons. The predicted molar refractivity (Wildman–Crippen MR) is 78.7 cm³/mol. The summed E-state index contributed by atoms with van der Waals surface area (Å²) in [5, 5.41) is 2.37. The minimum atomic E-state index is -0.517. The van der Waals surface area contributed by atoms with Gasteiger partial charge in [0.2, 0.25) is 0 Å². The van der Waals surface area contributed by atoms with Crippen molar-refractivity contribution in [3.63, 3.8) is 0 Å². The van der Waals surface area contributed by atoms with E-state index in [2.05, 4.69) is 0 Å². The van der Waals surface area contributed by atoms with E-state index in [0.717, 1.165) is 17.7 Å². The van der Waals surface area contributed by atoms with Crippen molar-refractivity contribution < 1.29 is 9.18 Å². The quantitative estimate of drug-likeness (QED) is 0.799. The average Bonchev–Trinajstić information content (AvgIpc) is 3.10. The molecule has 2 nitrogen and oxygen atoms in total. The molecule has 0 bridgehead atoms. The van der Waals surface area contributed by atoms with Crippen molar-refractivity contribution in [2.75, 3.05) is 6.54 Å². The van der Waals surface area contributed by atoms with Gasteiger partial charge in [0.1, 0.15) is 5.82 Å². The number of thiophene rings is 1. The van der Waals surface area contributed by atoms with Gasteiger partial charge in [-0.2, -0.15) is 0 Å². The summed E-state index contributed by atoms with van der Waals surface area (Å²) in [4.78, 5) is 15.5. The lowest BCUT2D eigenvalue weighted by Gasteiger charge is -2.24. The van der Waals surface area contributed by atoms with Crippen molar-refractivity contribution in [3.05, 3.63) is 57.0 Å². The molecule has 2 aromatic rings. The first-order valence-corrected chi connectivity index (χ1v) is 7.72. The molecule has 20 heavy (non-hydrogen) atoms. The second kappa shape index (κ2) is 5.54. The van der Waals surface area contributed by atoms with E-state index in [1.807, 2.05) is 17.5 Å². The summed E-state index contributed by atoms with van der Waals surface area (Å²) in [7, 11) is 0. The molecule has 1 amide bonds. The maximum atomic E-state index is 13.8. The fourth-order valence-corrected chi connectivity index (χ4v) is 3.65. The minimum absolute atomic E-state index is 0.0564. The van der Waals surface area contributed by atoms with E-state index >= 15 is 0 Å². The maximum absolute atomic E-state index is 13.8. The second-order valence-electron chi connectivity index (χ2n) is 4.80. The Balaban J connectivity index is 1.91. The van der Waals surface area contributed by atoms with Crippen LogP contribution in [0.2, 0.25) is 5.02 Å². The zero-order chi connectivity index (χ0) is 14.1. The number of benzene rings is 1. The number of halogens is 2. The van der Waals surface area contributed by atoms with Crippen molar-refractivity contribution in [1.82, 2.24) is 4.90 Å². The summed E-state index contributed by atoms with van der Waals surface area (Å²) in [6, 6.07) is 8.15. The lowest BCUT2D eigenvalue weighted by Crippen LogP contribution is -2.30. The SMILES string of the molecule is O=C(c1cc(Cl)ccc1F)N1CCCC1c1cccs1. The molecule has 1 saturated heterocycles. The number of carbonyl (C=O) groups excluding carboxylic acids is 1. The average molecular weight is 310 g/mol. The molecule has 0 aliphatic carbocycles. The number of amides is 1. The van der Waals surface area contributed by atoms with Crippen LogP contribution in [-0.4, -0.2) is 17.4 Å². The molecule has 0 spiro atoms. The number of nitrogens with zero attached hydrogens (tertiary/aromatic N) is 1. The number of hydrogen-bond donors (Lipinski definition) is 0. The highest BCUT2D eigenvalue weighted by Gasteiger charge is 2.32. The van der Waals surface area contributed by atoms with Gasteiger partial charge in [-0.05, 0) is 42.5 Å². The Bertz CT molecular complexity index is 629. The molecular formula is C15H13ClFNOS. The van der Waals surface area contributed by atoms with Gasteiger partial charge in [-0.15, -0.1) is 11.3 Å². The van der Waals surface area contributed by atoms with Crippen molar-refractivity contribution >= 4 is 28.8 Å². The van der Waals surface area contributed by atoms with Crippen molar-refractivity contribution in [3.8, 4) is 0 Å². The topological polar surface area (TPSA) is 20.3 Å². The van der Waals surface area contributed by atoms with Crippen molar-refractivity contribution in [2.45, 2.75) is 18.9 Å². The normalized spacial score (nSPS) is 18.5. The van der Waals surface area contributed by atoms with Crippen LogP contribution in [0.15, 0.2) is 35.7 Å². The first kappa shape index (κ1) is 13.6. The molecule has 1 aromatic heterocycles. The van der Waals surface area contributed by atoms with Gasteiger partial charge in [-0.1, -0.05) is 17.7 Å². The monoisotopic (exact) mass is 309 g/mol. The third-order valence-electron chi connectivity index (χ3n) is 3.54. The molecule has 0 N–H and O–H groups in total. The summed E-state index contributed by atoms with van der Waals surface area (Å²) < 4.78 is 13.8. The molecule has 1 atom stereocenters. The first-order chi connectivity index (χ1) is 9.66. The van der Waals surface area contributed by atoms with Gasteiger partial charge in [0.25, 0.3) is 5.91 Å². The van der Waals surface area contributed by atoms with Crippen LogP contribution in [0.1, 0.15) is 34.1 Å². The summed E-state index contributed by atoms with van der Waals surface area (Å²) in [5.74, 6) is -0.794. The number of rotatable bonds is 2.